The lowest BCUT2D eigenvalue weighted by molar-refractivity contribution is -0.147. The number of ether oxygens (including phenoxy) is 2. The fourth-order valence-corrected chi connectivity index (χ4v) is 3.34. The number of anilines is 1. The molecule has 7 heteroatoms. The van der Waals surface area contributed by atoms with E-state index in [2.05, 4.69) is 5.32 Å². The molecule has 1 aromatic carbocycles. The molecule has 0 aliphatic rings. The molecule has 0 spiro atoms. The molecule has 27 heavy (non-hydrogen) atoms. The second kappa shape index (κ2) is 10.5. The highest BCUT2D eigenvalue weighted by Crippen LogP contribution is 2.29. The number of aryl methyl sites for hydroxylation is 2. The van der Waals surface area contributed by atoms with E-state index in [-0.39, 0.29) is 13.0 Å². The molecule has 0 unspecified atom stereocenters. The van der Waals surface area contributed by atoms with Crippen LogP contribution < -0.4 is 5.32 Å². The third kappa shape index (κ3) is 6.53. The first-order chi connectivity index (χ1) is 13.0. The summed E-state index contributed by atoms with van der Waals surface area (Å²) < 4.78 is 10.0. The fourth-order valence-electron chi connectivity index (χ4n) is 2.34. The maximum absolute atomic E-state index is 12.1. The van der Waals surface area contributed by atoms with Gasteiger partial charge in [-0.1, -0.05) is 37.3 Å². The molecule has 0 atom stereocenters. The van der Waals surface area contributed by atoms with Crippen molar-refractivity contribution in [3.8, 4) is 0 Å². The minimum atomic E-state index is -0.488. The van der Waals surface area contributed by atoms with Crippen LogP contribution in [0.3, 0.4) is 0 Å². The van der Waals surface area contributed by atoms with E-state index in [0.29, 0.717) is 17.0 Å². The highest BCUT2D eigenvalue weighted by Gasteiger charge is 2.19. The van der Waals surface area contributed by atoms with E-state index in [1.807, 2.05) is 37.3 Å². The van der Waals surface area contributed by atoms with Gasteiger partial charge in [0.1, 0.15) is 5.00 Å². The topological polar surface area (TPSA) is 81.7 Å². The van der Waals surface area contributed by atoms with Gasteiger partial charge in [0.2, 0.25) is 0 Å². The number of benzene rings is 1. The van der Waals surface area contributed by atoms with Gasteiger partial charge in [-0.2, -0.15) is 0 Å². The fraction of sp³-hybridized carbons (Fsp3) is 0.350. The standard InChI is InChI=1S/C20H23NO5S/c1-3-15-12-16(20(24)25-4-2)19(27-15)21-17(22)13-26-18(23)11-10-14-8-6-5-7-9-14/h5-9,12H,3-4,10-11,13H2,1-2H3,(H,21,22). The second-order valence-corrected chi connectivity index (χ2v) is 6.86. The first-order valence-electron chi connectivity index (χ1n) is 8.82. The van der Waals surface area contributed by atoms with Crippen molar-refractivity contribution in [3.05, 3.63) is 52.4 Å². The van der Waals surface area contributed by atoms with Gasteiger partial charge in [-0.25, -0.2) is 4.79 Å². The van der Waals surface area contributed by atoms with Crippen LogP contribution in [0.25, 0.3) is 0 Å². The zero-order valence-corrected chi connectivity index (χ0v) is 16.3. The minimum absolute atomic E-state index is 0.199. The van der Waals surface area contributed by atoms with E-state index in [1.54, 1.807) is 13.0 Å². The molecule has 2 aromatic rings. The molecule has 0 saturated heterocycles. The molecule has 1 N–H and O–H groups in total. The monoisotopic (exact) mass is 389 g/mol. The highest BCUT2D eigenvalue weighted by atomic mass is 32.1. The van der Waals surface area contributed by atoms with Crippen molar-refractivity contribution in [1.29, 1.82) is 0 Å². The molecule has 1 heterocycles. The van der Waals surface area contributed by atoms with Gasteiger partial charge in [-0.15, -0.1) is 11.3 Å². The lowest BCUT2D eigenvalue weighted by atomic mass is 10.1. The first-order valence-corrected chi connectivity index (χ1v) is 9.64. The quantitative estimate of drug-likeness (QED) is 0.663. The molecule has 2 rings (SSSR count). The molecule has 0 bridgehead atoms. The lowest BCUT2D eigenvalue weighted by Gasteiger charge is -2.07. The molecule has 144 valence electrons. The number of rotatable bonds is 9. The van der Waals surface area contributed by atoms with Crippen LogP contribution in [0.5, 0.6) is 0 Å². The van der Waals surface area contributed by atoms with E-state index >= 15 is 0 Å². The zero-order chi connectivity index (χ0) is 19.6. The Morgan fingerprint density at radius 1 is 1.07 bits per heavy atom. The third-order valence-electron chi connectivity index (χ3n) is 3.70. The van der Waals surface area contributed by atoms with Gasteiger partial charge < -0.3 is 14.8 Å². The average molecular weight is 389 g/mol. The summed E-state index contributed by atoms with van der Waals surface area (Å²) in [6.45, 7) is 3.54. The minimum Gasteiger partial charge on any atom is -0.462 e. The Hall–Kier alpha value is -2.67. The van der Waals surface area contributed by atoms with Gasteiger partial charge in [0, 0.05) is 11.3 Å². The van der Waals surface area contributed by atoms with Crippen LogP contribution in [-0.4, -0.2) is 31.1 Å². The summed E-state index contributed by atoms with van der Waals surface area (Å²) in [5.41, 5.74) is 1.35. The molecule has 0 fully saturated rings. The van der Waals surface area contributed by atoms with Crippen LogP contribution in [0.2, 0.25) is 0 Å². The average Bonchev–Trinajstić information content (AvgIpc) is 3.08. The summed E-state index contributed by atoms with van der Waals surface area (Å²) >= 11 is 1.31. The van der Waals surface area contributed by atoms with Crippen molar-refractivity contribution in [2.24, 2.45) is 0 Å². The van der Waals surface area contributed by atoms with Gasteiger partial charge in [0.15, 0.2) is 6.61 Å². The predicted molar refractivity (Wildman–Crippen MR) is 104 cm³/mol. The van der Waals surface area contributed by atoms with Gasteiger partial charge in [-0.05, 0) is 31.4 Å². The van der Waals surface area contributed by atoms with Gasteiger partial charge in [0.25, 0.3) is 5.91 Å². The van der Waals surface area contributed by atoms with Crippen molar-refractivity contribution in [2.45, 2.75) is 33.1 Å². The number of thiophene rings is 1. The molecular weight excluding hydrogens is 366 g/mol. The molecule has 6 nitrogen and oxygen atoms in total. The molecule has 1 amide bonds. The molecule has 0 aliphatic carbocycles. The number of carbonyl (C=O) groups is 3. The maximum atomic E-state index is 12.1. The van der Waals surface area contributed by atoms with E-state index in [4.69, 9.17) is 9.47 Å². The van der Waals surface area contributed by atoms with Crippen LogP contribution in [0.4, 0.5) is 5.00 Å². The smallest absolute Gasteiger partial charge is 0.341 e. The summed E-state index contributed by atoms with van der Waals surface area (Å²) in [5, 5.41) is 3.05. The van der Waals surface area contributed by atoms with E-state index < -0.39 is 24.5 Å². The Morgan fingerprint density at radius 3 is 2.48 bits per heavy atom. The van der Waals surface area contributed by atoms with E-state index in [0.717, 1.165) is 16.9 Å². The van der Waals surface area contributed by atoms with Crippen molar-refractivity contribution in [3.63, 3.8) is 0 Å². The van der Waals surface area contributed by atoms with Crippen LogP contribution >= 0.6 is 11.3 Å². The van der Waals surface area contributed by atoms with Gasteiger partial charge in [-0.3, -0.25) is 9.59 Å². The van der Waals surface area contributed by atoms with Crippen molar-refractivity contribution < 1.29 is 23.9 Å². The molecule has 0 saturated carbocycles. The molecular formula is C20H23NO5S. The summed E-state index contributed by atoms with van der Waals surface area (Å²) in [7, 11) is 0. The van der Waals surface area contributed by atoms with Crippen LogP contribution in [0.1, 0.15) is 41.1 Å². The number of carbonyl (C=O) groups excluding carboxylic acids is 3. The van der Waals surface area contributed by atoms with Crippen LogP contribution in [0, 0.1) is 0 Å². The first kappa shape index (κ1) is 20.6. The maximum Gasteiger partial charge on any atom is 0.341 e. The van der Waals surface area contributed by atoms with Crippen molar-refractivity contribution in [2.75, 3.05) is 18.5 Å². The van der Waals surface area contributed by atoms with E-state index in [1.165, 1.54) is 11.3 Å². The number of esters is 2. The molecule has 1 aromatic heterocycles. The largest absolute Gasteiger partial charge is 0.462 e. The number of nitrogens with one attached hydrogen (secondary N) is 1. The lowest BCUT2D eigenvalue weighted by Crippen LogP contribution is -2.21. The van der Waals surface area contributed by atoms with Crippen LogP contribution in [0.15, 0.2) is 36.4 Å². The summed E-state index contributed by atoms with van der Waals surface area (Å²) in [6, 6.07) is 11.3. The van der Waals surface area contributed by atoms with Crippen molar-refractivity contribution in [1.82, 2.24) is 0 Å². The van der Waals surface area contributed by atoms with Crippen molar-refractivity contribution >= 4 is 34.2 Å². The van der Waals surface area contributed by atoms with E-state index in [9.17, 15) is 14.4 Å². The Bertz CT molecular complexity index is 785. The number of hydrogen-bond acceptors (Lipinski definition) is 6. The van der Waals surface area contributed by atoms with Gasteiger partial charge in [0.05, 0.1) is 12.2 Å². The number of amides is 1. The normalized spacial score (nSPS) is 10.3. The van der Waals surface area contributed by atoms with Crippen LogP contribution in [-0.2, 0) is 31.9 Å². The van der Waals surface area contributed by atoms with Gasteiger partial charge >= 0.3 is 11.9 Å². The summed E-state index contributed by atoms with van der Waals surface area (Å²) in [5.74, 6) is -1.42. The summed E-state index contributed by atoms with van der Waals surface area (Å²) in [4.78, 5) is 36.9. The Morgan fingerprint density at radius 2 is 1.81 bits per heavy atom. The molecule has 0 aliphatic heterocycles. The Labute approximate surface area is 162 Å². The summed E-state index contributed by atoms with van der Waals surface area (Å²) in [6.07, 6.45) is 1.49. The zero-order valence-electron chi connectivity index (χ0n) is 15.4. The number of hydrogen-bond donors (Lipinski definition) is 1. The predicted octanol–water partition coefficient (Wildman–Crippen LogP) is 3.60. The second-order valence-electron chi connectivity index (χ2n) is 5.72. The molecule has 0 radical (unpaired) electrons. The SMILES string of the molecule is CCOC(=O)c1cc(CC)sc1NC(=O)COC(=O)CCc1ccccc1. The highest BCUT2D eigenvalue weighted by molar-refractivity contribution is 7.16. The third-order valence-corrected chi connectivity index (χ3v) is 4.90. The Kier molecular flexibility index (Phi) is 8.00. The Balaban J connectivity index is 1.85.